The number of carbonyl (C=O) groups is 2. The Hall–Kier alpha value is -1.78. The second kappa shape index (κ2) is 6.83. The van der Waals surface area contributed by atoms with E-state index >= 15 is 0 Å². The average molecular weight is 253 g/mol. The van der Waals surface area contributed by atoms with Crippen LogP contribution in [-0.2, 0) is 16.0 Å². The fraction of sp³-hybridized carbons (Fsp3) is 0.538. The Bertz CT molecular complexity index is 386. The zero-order valence-corrected chi connectivity index (χ0v) is 10.8. The molecule has 1 heterocycles. The molecule has 0 aliphatic rings. The normalized spacial score (nSPS) is 12.1. The van der Waals surface area contributed by atoms with Gasteiger partial charge in [0.05, 0.1) is 12.7 Å². The van der Waals surface area contributed by atoms with E-state index in [1.807, 2.05) is 13.0 Å². The van der Waals surface area contributed by atoms with Gasteiger partial charge in [0.25, 0.3) is 0 Å². The molecule has 1 atom stereocenters. The van der Waals surface area contributed by atoms with Crippen molar-refractivity contribution in [3.05, 3.63) is 24.2 Å². The third kappa shape index (κ3) is 4.24. The topological polar surface area (TPSA) is 70.8 Å². The number of rotatable bonds is 7. The van der Waals surface area contributed by atoms with Gasteiger partial charge in [0, 0.05) is 25.4 Å². The summed E-state index contributed by atoms with van der Waals surface area (Å²) in [4.78, 5) is 24.2. The Morgan fingerprint density at radius 3 is 2.72 bits per heavy atom. The molecule has 18 heavy (non-hydrogen) atoms. The minimum absolute atomic E-state index is 0.0274. The molecule has 0 aliphatic heterocycles. The number of carbonyl (C=O) groups excluding carboxylic acids is 1. The van der Waals surface area contributed by atoms with E-state index in [1.54, 1.807) is 24.2 Å². The monoisotopic (exact) mass is 253 g/mol. The number of hydrogen-bond donors (Lipinski definition) is 1. The lowest BCUT2D eigenvalue weighted by Gasteiger charge is -2.27. The van der Waals surface area contributed by atoms with Crippen LogP contribution in [0.5, 0.6) is 0 Å². The lowest BCUT2D eigenvalue weighted by atomic mass is 10.1. The zero-order chi connectivity index (χ0) is 13.5. The number of amides is 1. The molecule has 0 saturated heterocycles. The van der Waals surface area contributed by atoms with Gasteiger partial charge in [0.15, 0.2) is 0 Å². The van der Waals surface area contributed by atoms with Gasteiger partial charge in [-0.1, -0.05) is 0 Å². The second-order valence-corrected chi connectivity index (χ2v) is 4.21. The van der Waals surface area contributed by atoms with Crippen LogP contribution in [0.1, 0.15) is 32.4 Å². The Morgan fingerprint density at radius 1 is 1.50 bits per heavy atom. The van der Waals surface area contributed by atoms with E-state index in [4.69, 9.17) is 9.52 Å². The Kier molecular flexibility index (Phi) is 5.42. The molecule has 0 fully saturated rings. The second-order valence-electron chi connectivity index (χ2n) is 4.21. The van der Waals surface area contributed by atoms with Crippen molar-refractivity contribution >= 4 is 11.9 Å². The summed E-state index contributed by atoms with van der Waals surface area (Å²) in [5.41, 5.74) is 0. The molecule has 1 amide bonds. The van der Waals surface area contributed by atoms with Crippen molar-refractivity contribution < 1.29 is 19.1 Å². The van der Waals surface area contributed by atoms with Crippen LogP contribution in [0.3, 0.4) is 0 Å². The maximum atomic E-state index is 12.0. The maximum absolute atomic E-state index is 12.0. The molecular weight excluding hydrogens is 234 g/mol. The summed E-state index contributed by atoms with van der Waals surface area (Å²) in [6, 6.07) is 3.32. The first-order valence-corrected chi connectivity index (χ1v) is 6.08. The number of hydrogen-bond acceptors (Lipinski definition) is 3. The van der Waals surface area contributed by atoms with E-state index in [0.717, 1.165) is 5.76 Å². The molecule has 1 unspecified atom stereocenters. The molecule has 1 aromatic rings. The summed E-state index contributed by atoms with van der Waals surface area (Å²) < 4.78 is 5.16. The van der Waals surface area contributed by atoms with Gasteiger partial charge >= 0.3 is 5.97 Å². The summed E-state index contributed by atoms with van der Waals surface area (Å²) in [5, 5.41) is 8.74. The van der Waals surface area contributed by atoms with E-state index < -0.39 is 5.97 Å². The first-order valence-electron chi connectivity index (χ1n) is 6.08. The fourth-order valence-electron chi connectivity index (χ4n) is 1.93. The minimum Gasteiger partial charge on any atom is -0.481 e. The summed E-state index contributed by atoms with van der Waals surface area (Å²) in [5.74, 6) is -0.160. The number of nitrogens with zero attached hydrogens (tertiary/aromatic N) is 1. The Balaban J connectivity index is 2.48. The Morgan fingerprint density at radius 2 is 2.22 bits per heavy atom. The molecule has 5 nitrogen and oxygen atoms in total. The van der Waals surface area contributed by atoms with Gasteiger partial charge in [-0.05, 0) is 26.0 Å². The molecular formula is C13H19NO4. The number of furan rings is 1. The number of aliphatic carboxylic acids is 1. The molecule has 100 valence electrons. The third-order valence-corrected chi connectivity index (χ3v) is 2.83. The highest BCUT2D eigenvalue weighted by Gasteiger charge is 2.20. The van der Waals surface area contributed by atoms with Crippen molar-refractivity contribution in [2.24, 2.45) is 0 Å². The lowest BCUT2D eigenvalue weighted by Crippen LogP contribution is -2.39. The quantitative estimate of drug-likeness (QED) is 0.806. The van der Waals surface area contributed by atoms with Crippen LogP contribution < -0.4 is 0 Å². The van der Waals surface area contributed by atoms with Gasteiger partial charge in [-0.2, -0.15) is 0 Å². The largest absolute Gasteiger partial charge is 0.481 e. The highest BCUT2D eigenvalue weighted by Crippen LogP contribution is 2.10. The maximum Gasteiger partial charge on any atom is 0.305 e. The predicted molar refractivity (Wildman–Crippen MR) is 66.1 cm³/mol. The smallest absolute Gasteiger partial charge is 0.305 e. The summed E-state index contributed by atoms with van der Waals surface area (Å²) in [6.07, 6.45) is 2.43. The van der Waals surface area contributed by atoms with Crippen molar-refractivity contribution in [3.8, 4) is 0 Å². The predicted octanol–water partition coefficient (Wildman–Crippen LogP) is 1.92. The summed E-state index contributed by atoms with van der Waals surface area (Å²) in [6.45, 7) is 4.12. The van der Waals surface area contributed by atoms with Crippen molar-refractivity contribution in [2.45, 2.75) is 39.2 Å². The van der Waals surface area contributed by atoms with Crippen LogP contribution in [0.25, 0.3) is 0 Å². The molecule has 1 rings (SSSR count). The van der Waals surface area contributed by atoms with Crippen molar-refractivity contribution in [3.63, 3.8) is 0 Å². The standard InChI is InChI=1S/C13H19NO4/c1-3-14(10(2)9-13(16)17)12(15)7-6-11-5-4-8-18-11/h4-5,8,10H,3,6-7,9H2,1-2H3,(H,16,17). The number of aryl methyl sites for hydroxylation is 1. The molecule has 0 saturated carbocycles. The fourth-order valence-corrected chi connectivity index (χ4v) is 1.93. The lowest BCUT2D eigenvalue weighted by molar-refractivity contribution is -0.140. The minimum atomic E-state index is -0.889. The number of carboxylic acid groups (broad SMARTS) is 1. The molecule has 0 aromatic carbocycles. The van der Waals surface area contributed by atoms with Crippen molar-refractivity contribution in [1.29, 1.82) is 0 Å². The molecule has 1 N–H and O–H groups in total. The van der Waals surface area contributed by atoms with Gasteiger partial charge in [0.1, 0.15) is 5.76 Å². The van der Waals surface area contributed by atoms with Crippen LogP contribution in [-0.4, -0.2) is 34.5 Å². The highest BCUT2D eigenvalue weighted by atomic mass is 16.4. The number of carboxylic acids is 1. The molecule has 5 heteroatoms. The molecule has 0 bridgehead atoms. The van der Waals surface area contributed by atoms with Gasteiger partial charge < -0.3 is 14.4 Å². The Labute approximate surface area is 106 Å². The summed E-state index contributed by atoms with van der Waals surface area (Å²) >= 11 is 0. The van der Waals surface area contributed by atoms with Gasteiger partial charge in [0.2, 0.25) is 5.91 Å². The molecule has 0 radical (unpaired) electrons. The molecule has 1 aromatic heterocycles. The van der Waals surface area contributed by atoms with Crippen LogP contribution >= 0.6 is 0 Å². The molecule has 0 spiro atoms. The van der Waals surface area contributed by atoms with Gasteiger partial charge in [-0.25, -0.2) is 0 Å². The first-order chi connectivity index (χ1) is 8.54. The van der Waals surface area contributed by atoms with E-state index in [-0.39, 0.29) is 18.4 Å². The summed E-state index contributed by atoms with van der Waals surface area (Å²) in [7, 11) is 0. The van der Waals surface area contributed by atoms with E-state index in [9.17, 15) is 9.59 Å². The van der Waals surface area contributed by atoms with E-state index in [1.165, 1.54) is 0 Å². The first kappa shape index (κ1) is 14.3. The SMILES string of the molecule is CCN(C(=O)CCc1ccco1)C(C)CC(=O)O. The molecule has 0 aliphatic carbocycles. The van der Waals surface area contributed by atoms with Gasteiger partial charge in [-0.15, -0.1) is 0 Å². The van der Waals surface area contributed by atoms with Crippen molar-refractivity contribution in [1.82, 2.24) is 4.90 Å². The van der Waals surface area contributed by atoms with E-state index in [0.29, 0.717) is 19.4 Å². The average Bonchev–Trinajstić information content (AvgIpc) is 2.79. The highest BCUT2D eigenvalue weighted by molar-refractivity contribution is 5.77. The van der Waals surface area contributed by atoms with Crippen molar-refractivity contribution in [2.75, 3.05) is 6.54 Å². The van der Waals surface area contributed by atoms with Crippen LogP contribution in [0.2, 0.25) is 0 Å². The van der Waals surface area contributed by atoms with Gasteiger partial charge in [-0.3, -0.25) is 9.59 Å². The van der Waals surface area contributed by atoms with E-state index in [2.05, 4.69) is 0 Å². The third-order valence-electron chi connectivity index (χ3n) is 2.83. The zero-order valence-electron chi connectivity index (χ0n) is 10.8. The van der Waals surface area contributed by atoms with Crippen LogP contribution in [0.4, 0.5) is 0 Å². The van der Waals surface area contributed by atoms with Crippen LogP contribution in [0, 0.1) is 0 Å². The van der Waals surface area contributed by atoms with Crippen LogP contribution in [0.15, 0.2) is 22.8 Å².